The van der Waals surface area contributed by atoms with Gasteiger partial charge in [0.2, 0.25) is 0 Å². The highest BCUT2D eigenvalue weighted by Crippen LogP contribution is 2.17. The second kappa shape index (κ2) is 5.52. The molecular formula is C17H18N4O. The fraction of sp³-hybridized carbons (Fsp3) is 0.176. The van der Waals surface area contributed by atoms with Crippen LogP contribution in [0.3, 0.4) is 0 Å². The molecule has 0 aliphatic carbocycles. The molecule has 1 amide bonds. The van der Waals surface area contributed by atoms with Crippen LogP contribution in [-0.2, 0) is 7.05 Å². The Bertz CT molecular complexity index is 812. The molecule has 1 N–H and O–H groups in total. The van der Waals surface area contributed by atoms with Gasteiger partial charge in [-0.3, -0.25) is 4.79 Å². The minimum Gasteiger partial charge on any atom is -0.347 e. The number of rotatable bonds is 3. The van der Waals surface area contributed by atoms with Crippen molar-refractivity contribution in [2.45, 2.75) is 13.8 Å². The third kappa shape index (κ3) is 2.53. The number of amides is 1. The highest BCUT2D eigenvalue weighted by molar-refractivity contribution is 6.03. The van der Waals surface area contributed by atoms with E-state index in [0.717, 1.165) is 22.8 Å². The fourth-order valence-corrected chi connectivity index (χ4v) is 2.36. The number of nitrogens with one attached hydrogen (secondary N) is 1. The fourth-order valence-electron chi connectivity index (χ4n) is 2.36. The highest BCUT2D eigenvalue weighted by Gasteiger charge is 2.09. The van der Waals surface area contributed by atoms with Gasteiger partial charge in [-0.05, 0) is 50.2 Å². The van der Waals surface area contributed by atoms with Crippen LogP contribution < -0.4 is 5.32 Å². The molecule has 0 aliphatic rings. The van der Waals surface area contributed by atoms with Gasteiger partial charge < -0.3 is 14.5 Å². The van der Waals surface area contributed by atoms with Gasteiger partial charge >= 0.3 is 0 Å². The number of imidazole rings is 1. The van der Waals surface area contributed by atoms with Gasteiger partial charge in [0.25, 0.3) is 5.91 Å². The zero-order valence-corrected chi connectivity index (χ0v) is 12.9. The Morgan fingerprint density at radius 3 is 2.41 bits per heavy atom. The van der Waals surface area contributed by atoms with Crippen molar-refractivity contribution in [3.8, 4) is 5.69 Å². The second-order valence-corrected chi connectivity index (χ2v) is 5.29. The topological polar surface area (TPSA) is 51.9 Å². The molecule has 2 aromatic heterocycles. The van der Waals surface area contributed by atoms with Crippen LogP contribution in [0.4, 0.5) is 5.69 Å². The normalized spacial score (nSPS) is 10.7. The number of carbonyl (C=O) groups excluding carboxylic acids is 1. The molecule has 1 aromatic carbocycles. The van der Waals surface area contributed by atoms with Gasteiger partial charge in [-0.15, -0.1) is 0 Å². The maximum Gasteiger partial charge on any atom is 0.272 e. The Labute approximate surface area is 129 Å². The summed E-state index contributed by atoms with van der Waals surface area (Å²) in [6.45, 7) is 4.02. The first-order chi connectivity index (χ1) is 10.6. The van der Waals surface area contributed by atoms with Gasteiger partial charge in [-0.25, -0.2) is 4.98 Å². The van der Waals surface area contributed by atoms with Gasteiger partial charge in [0.1, 0.15) is 5.69 Å². The van der Waals surface area contributed by atoms with Crippen molar-refractivity contribution in [1.82, 2.24) is 14.1 Å². The zero-order valence-electron chi connectivity index (χ0n) is 12.9. The number of anilines is 1. The van der Waals surface area contributed by atoms with Crippen molar-refractivity contribution in [2.75, 3.05) is 5.32 Å². The van der Waals surface area contributed by atoms with E-state index < -0.39 is 0 Å². The molecule has 0 fully saturated rings. The molecule has 0 saturated heterocycles. The monoisotopic (exact) mass is 294 g/mol. The molecule has 0 spiro atoms. The Morgan fingerprint density at radius 1 is 1.14 bits per heavy atom. The van der Waals surface area contributed by atoms with Gasteiger partial charge in [-0.2, -0.15) is 0 Å². The van der Waals surface area contributed by atoms with Crippen LogP contribution in [0, 0.1) is 13.8 Å². The van der Waals surface area contributed by atoms with Gasteiger partial charge in [0.15, 0.2) is 0 Å². The number of hydrogen-bond donors (Lipinski definition) is 1. The summed E-state index contributed by atoms with van der Waals surface area (Å²) in [4.78, 5) is 16.5. The lowest BCUT2D eigenvalue weighted by Crippen LogP contribution is -2.15. The number of aryl methyl sites for hydroxylation is 2. The molecular weight excluding hydrogens is 276 g/mol. The Morgan fingerprint density at radius 2 is 1.86 bits per heavy atom. The van der Waals surface area contributed by atoms with E-state index in [9.17, 15) is 4.79 Å². The molecule has 0 atom stereocenters. The van der Waals surface area contributed by atoms with Gasteiger partial charge in [0, 0.05) is 30.3 Å². The number of benzene rings is 1. The van der Waals surface area contributed by atoms with Crippen molar-refractivity contribution in [3.05, 3.63) is 66.0 Å². The number of nitrogens with zero attached hydrogens (tertiary/aromatic N) is 3. The molecule has 0 saturated carbocycles. The maximum absolute atomic E-state index is 12.2. The van der Waals surface area contributed by atoms with Crippen LogP contribution >= 0.6 is 0 Å². The van der Waals surface area contributed by atoms with Crippen molar-refractivity contribution < 1.29 is 4.79 Å². The van der Waals surface area contributed by atoms with Crippen molar-refractivity contribution >= 4 is 11.6 Å². The number of carbonyl (C=O) groups is 1. The van der Waals surface area contributed by atoms with E-state index in [0.29, 0.717) is 5.69 Å². The first kappa shape index (κ1) is 14.1. The maximum atomic E-state index is 12.2. The standard InChI is InChI=1S/C17H18N4O/c1-12-13(2)21(11-18-12)15-8-6-14(7-9-15)19-17(22)16-5-4-10-20(16)3/h4-11H,1-3H3,(H,19,22). The smallest absolute Gasteiger partial charge is 0.272 e. The van der Waals surface area contributed by atoms with E-state index in [1.165, 1.54) is 0 Å². The van der Waals surface area contributed by atoms with Gasteiger partial charge in [-0.1, -0.05) is 0 Å². The van der Waals surface area contributed by atoms with E-state index in [2.05, 4.69) is 10.3 Å². The van der Waals surface area contributed by atoms with Crippen molar-refractivity contribution in [3.63, 3.8) is 0 Å². The minimum atomic E-state index is -0.116. The molecule has 2 heterocycles. The summed E-state index contributed by atoms with van der Waals surface area (Å²) in [5.41, 5.74) is 4.55. The molecule has 5 nitrogen and oxygen atoms in total. The summed E-state index contributed by atoms with van der Waals surface area (Å²) in [6, 6.07) is 11.4. The lowest BCUT2D eigenvalue weighted by atomic mass is 10.2. The lowest BCUT2D eigenvalue weighted by molar-refractivity contribution is 0.101. The molecule has 112 valence electrons. The predicted octanol–water partition coefficient (Wildman–Crippen LogP) is 3.08. The quantitative estimate of drug-likeness (QED) is 0.807. The van der Waals surface area contributed by atoms with Crippen molar-refractivity contribution in [2.24, 2.45) is 7.05 Å². The summed E-state index contributed by atoms with van der Waals surface area (Å²) in [7, 11) is 1.85. The minimum absolute atomic E-state index is 0.116. The third-order valence-electron chi connectivity index (χ3n) is 3.83. The van der Waals surface area contributed by atoms with Gasteiger partial charge in [0.05, 0.1) is 12.0 Å². The van der Waals surface area contributed by atoms with E-state index in [-0.39, 0.29) is 5.91 Å². The Kier molecular flexibility index (Phi) is 3.55. The van der Waals surface area contributed by atoms with Crippen LogP contribution in [0.1, 0.15) is 21.9 Å². The van der Waals surface area contributed by atoms with E-state index >= 15 is 0 Å². The number of hydrogen-bond acceptors (Lipinski definition) is 2. The molecule has 0 aliphatic heterocycles. The van der Waals surface area contributed by atoms with Crippen LogP contribution in [0.2, 0.25) is 0 Å². The largest absolute Gasteiger partial charge is 0.347 e. The average molecular weight is 294 g/mol. The molecule has 5 heteroatoms. The Balaban J connectivity index is 1.79. The summed E-state index contributed by atoms with van der Waals surface area (Å²) in [5, 5.41) is 2.90. The zero-order chi connectivity index (χ0) is 15.7. The summed E-state index contributed by atoms with van der Waals surface area (Å²) < 4.78 is 3.82. The van der Waals surface area contributed by atoms with Crippen LogP contribution in [-0.4, -0.2) is 20.0 Å². The summed E-state index contributed by atoms with van der Waals surface area (Å²) in [6.07, 6.45) is 3.66. The van der Waals surface area contributed by atoms with E-state index in [4.69, 9.17) is 0 Å². The van der Waals surface area contributed by atoms with Crippen LogP contribution in [0.5, 0.6) is 0 Å². The van der Waals surface area contributed by atoms with E-state index in [1.807, 2.05) is 68.3 Å². The molecule has 22 heavy (non-hydrogen) atoms. The molecule has 0 radical (unpaired) electrons. The van der Waals surface area contributed by atoms with Crippen molar-refractivity contribution in [1.29, 1.82) is 0 Å². The lowest BCUT2D eigenvalue weighted by Gasteiger charge is -2.09. The molecule has 0 bridgehead atoms. The number of aromatic nitrogens is 3. The Hall–Kier alpha value is -2.82. The van der Waals surface area contributed by atoms with Crippen LogP contribution in [0.25, 0.3) is 5.69 Å². The van der Waals surface area contributed by atoms with E-state index in [1.54, 1.807) is 10.6 Å². The van der Waals surface area contributed by atoms with Crippen LogP contribution in [0.15, 0.2) is 48.9 Å². The predicted molar refractivity (Wildman–Crippen MR) is 86.4 cm³/mol. The molecule has 0 unspecified atom stereocenters. The first-order valence-corrected chi connectivity index (χ1v) is 7.10. The second-order valence-electron chi connectivity index (χ2n) is 5.29. The highest BCUT2D eigenvalue weighted by atomic mass is 16.1. The summed E-state index contributed by atoms with van der Waals surface area (Å²) in [5.74, 6) is -0.116. The third-order valence-corrected chi connectivity index (χ3v) is 3.83. The summed E-state index contributed by atoms with van der Waals surface area (Å²) >= 11 is 0. The first-order valence-electron chi connectivity index (χ1n) is 7.10. The SMILES string of the molecule is Cc1ncn(-c2ccc(NC(=O)c3cccn3C)cc2)c1C. The average Bonchev–Trinajstić information content (AvgIpc) is 3.07. The molecule has 3 rings (SSSR count). The molecule has 3 aromatic rings.